The molecule has 0 aliphatic heterocycles. The second-order valence-electron chi connectivity index (χ2n) is 8.30. The highest BCUT2D eigenvalue weighted by atomic mass is 32.2. The van der Waals surface area contributed by atoms with E-state index >= 15 is 0 Å². The largest absolute Gasteiger partial charge is 0.280 e. The van der Waals surface area contributed by atoms with Crippen molar-refractivity contribution in [1.29, 1.82) is 0 Å². The van der Waals surface area contributed by atoms with E-state index in [0.717, 1.165) is 16.7 Å². The van der Waals surface area contributed by atoms with Crippen LogP contribution in [0.1, 0.15) is 0 Å². The van der Waals surface area contributed by atoms with Crippen LogP contribution < -0.4 is 4.72 Å². The molecule has 0 aliphatic carbocycles. The van der Waals surface area contributed by atoms with Crippen molar-refractivity contribution in [3.63, 3.8) is 0 Å². The van der Waals surface area contributed by atoms with E-state index in [1.807, 2.05) is 66.7 Å². The molecule has 0 bridgehead atoms. The van der Waals surface area contributed by atoms with Gasteiger partial charge in [-0.25, -0.2) is 8.42 Å². The topological polar surface area (TPSA) is 102 Å². The van der Waals surface area contributed by atoms with Gasteiger partial charge in [0.2, 0.25) is 5.82 Å². The van der Waals surface area contributed by atoms with Crippen LogP contribution in [0, 0.1) is 0 Å². The third-order valence-electron chi connectivity index (χ3n) is 5.84. The average molecular weight is 505 g/mol. The molecule has 3 aromatic carbocycles. The van der Waals surface area contributed by atoms with E-state index in [1.165, 1.54) is 0 Å². The Morgan fingerprint density at radius 3 is 2.19 bits per heavy atom. The second-order valence-corrected chi connectivity index (χ2v) is 9.99. The number of anilines is 1. The standard InChI is InChI=1S/C28H20N6O2S/c35-37(36,24-14-12-21(13-15-24)20-7-2-1-3-8-20)33-23-10-6-9-22(19-23)25-16-17-27-30-31-28(34(27)32-25)26-11-4-5-18-29-26/h1-19,33H. The Labute approximate surface area is 213 Å². The molecule has 0 spiro atoms. The van der Waals surface area contributed by atoms with Gasteiger partial charge in [0.15, 0.2) is 5.65 Å². The summed E-state index contributed by atoms with van der Waals surface area (Å²) >= 11 is 0. The normalized spacial score (nSPS) is 11.5. The molecule has 37 heavy (non-hydrogen) atoms. The zero-order valence-corrected chi connectivity index (χ0v) is 20.2. The molecule has 3 aromatic heterocycles. The van der Waals surface area contributed by atoms with Gasteiger partial charge in [-0.05, 0) is 59.7 Å². The lowest BCUT2D eigenvalue weighted by molar-refractivity contribution is 0.601. The summed E-state index contributed by atoms with van der Waals surface area (Å²) in [6.07, 6.45) is 1.69. The Hall–Kier alpha value is -4.89. The lowest BCUT2D eigenvalue weighted by Crippen LogP contribution is -2.12. The summed E-state index contributed by atoms with van der Waals surface area (Å²) in [5.74, 6) is 0.522. The summed E-state index contributed by atoms with van der Waals surface area (Å²) in [7, 11) is -3.78. The van der Waals surface area contributed by atoms with Gasteiger partial charge in [-0.2, -0.15) is 9.61 Å². The summed E-state index contributed by atoms with van der Waals surface area (Å²) < 4.78 is 30.5. The number of nitrogens with one attached hydrogen (secondary N) is 1. The van der Waals surface area contributed by atoms with E-state index in [9.17, 15) is 8.42 Å². The van der Waals surface area contributed by atoms with Gasteiger partial charge in [0, 0.05) is 17.4 Å². The first-order chi connectivity index (χ1) is 18.1. The maximum Gasteiger partial charge on any atom is 0.261 e. The first kappa shape index (κ1) is 22.6. The average Bonchev–Trinajstić information content (AvgIpc) is 3.37. The fraction of sp³-hybridized carbons (Fsp3) is 0. The fourth-order valence-electron chi connectivity index (χ4n) is 4.01. The lowest BCUT2D eigenvalue weighted by atomic mass is 10.1. The number of fused-ring (bicyclic) bond motifs is 1. The van der Waals surface area contributed by atoms with Crippen LogP contribution in [0.4, 0.5) is 5.69 Å². The first-order valence-electron chi connectivity index (χ1n) is 11.5. The van der Waals surface area contributed by atoms with Crippen molar-refractivity contribution in [1.82, 2.24) is 24.8 Å². The molecule has 3 heterocycles. The molecule has 9 heteroatoms. The van der Waals surface area contributed by atoms with Crippen LogP contribution in [0.2, 0.25) is 0 Å². The van der Waals surface area contributed by atoms with Crippen molar-refractivity contribution < 1.29 is 8.42 Å². The molecule has 0 amide bonds. The van der Waals surface area contributed by atoms with Crippen molar-refractivity contribution in [3.05, 3.63) is 115 Å². The number of hydrogen-bond acceptors (Lipinski definition) is 6. The van der Waals surface area contributed by atoms with Crippen LogP contribution in [-0.2, 0) is 10.0 Å². The number of hydrogen-bond donors (Lipinski definition) is 1. The summed E-state index contributed by atoms with van der Waals surface area (Å²) in [4.78, 5) is 4.52. The third kappa shape index (κ3) is 4.55. The highest BCUT2D eigenvalue weighted by Crippen LogP contribution is 2.26. The fourth-order valence-corrected chi connectivity index (χ4v) is 5.06. The zero-order chi connectivity index (χ0) is 25.2. The van der Waals surface area contributed by atoms with Crippen molar-refractivity contribution in [2.75, 3.05) is 4.72 Å². The van der Waals surface area contributed by atoms with Crippen LogP contribution in [0.5, 0.6) is 0 Å². The molecular formula is C28H20N6O2S. The van der Waals surface area contributed by atoms with Gasteiger partial charge in [-0.3, -0.25) is 9.71 Å². The minimum Gasteiger partial charge on any atom is -0.280 e. The number of sulfonamides is 1. The Bertz CT molecular complexity index is 1800. The number of nitrogens with zero attached hydrogens (tertiary/aromatic N) is 5. The van der Waals surface area contributed by atoms with Gasteiger partial charge in [0.05, 0.1) is 10.6 Å². The molecule has 6 rings (SSSR count). The highest BCUT2D eigenvalue weighted by Gasteiger charge is 2.16. The summed E-state index contributed by atoms with van der Waals surface area (Å²) in [6.45, 7) is 0. The van der Waals surface area contributed by atoms with Gasteiger partial charge in [-0.1, -0.05) is 60.7 Å². The van der Waals surface area contributed by atoms with Crippen LogP contribution in [0.25, 0.3) is 39.5 Å². The smallest absolute Gasteiger partial charge is 0.261 e. The number of aromatic nitrogens is 5. The zero-order valence-electron chi connectivity index (χ0n) is 19.4. The summed E-state index contributed by atoms with van der Waals surface area (Å²) in [5, 5.41) is 13.1. The van der Waals surface area contributed by atoms with E-state index in [1.54, 1.807) is 53.2 Å². The molecule has 0 fully saturated rings. The van der Waals surface area contributed by atoms with Crippen LogP contribution in [-0.4, -0.2) is 33.2 Å². The molecule has 180 valence electrons. The second kappa shape index (κ2) is 9.29. The van der Waals surface area contributed by atoms with Gasteiger partial charge in [-0.15, -0.1) is 10.2 Å². The number of benzene rings is 3. The molecule has 0 unspecified atom stereocenters. The maximum absolute atomic E-state index is 13.1. The Morgan fingerprint density at radius 2 is 1.41 bits per heavy atom. The first-order valence-corrected chi connectivity index (χ1v) is 13.0. The molecule has 0 saturated carbocycles. The number of rotatable bonds is 6. The molecular weight excluding hydrogens is 484 g/mol. The van der Waals surface area contributed by atoms with Crippen molar-refractivity contribution in [2.45, 2.75) is 4.90 Å². The summed E-state index contributed by atoms with van der Waals surface area (Å²) in [6, 6.07) is 32.9. The summed E-state index contributed by atoms with van der Waals surface area (Å²) in [5.41, 5.74) is 5.01. The maximum atomic E-state index is 13.1. The molecule has 6 aromatic rings. The molecule has 0 aliphatic rings. The molecule has 8 nitrogen and oxygen atoms in total. The molecule has 0 radical (unpaired) electrons. The van der Waals surface area contributed by atoms with Crippen molar-refractivity contribution in [2.24, 2.45) is 0 Å². The van der Waals surface area contributed by atoms with E-state index < -0.39 is 10.0 Å². The monoisotopic (exact) mass is 504 g/mol. The Kier molecular flexibility index (Phi) is 5.66. The minimum atomic E-state index is -3.78. The molecule has 0 saturated heterocycles. The van der Waals surface area contributed by atoms with E-state index in [-0.39, 0.29) is 4.90 Å². The van der Waals surface area contributed by atoms with Crippen LogP contribution in [0.3, 0.4) is 0 Å². The highest BCUT2D eigenvalue weighted by molar-refractivity contribution is 7.92. The minimum absolute atomic E-state index is 0.182. The van der Waals surface area contributed by atoms with Crippen molar-refractivity contribution in [3.8, 4) is 33.9 Å². The quantitative estimate of drug-likeness (QED) is 0.329. The van der Waals surface area contributed by atoms with Crippen LogP contribution >= 0.6 is 0 Å². The van der Waals surface area contributed by atoms with E-state index in [2.05, 4.69) is 19.9 Å². The SMILES string of the molecule is O=S(=O)(Nc1cccc(-c2ccc3nnc(-c4ccccn4)n3n2)c1)c1ccc(-c2ccccc2)cc1. The Morgan fingerprint density at radius 1 is 0.649 bits per heavy atom. The molecule has 0 atom stereocenters. The van der Waals surface area contributed by atoms with E-state index in [4.69, 9.17) is 5.10 Å². The van der Waals surface area contributed by atoms with E-state index in [0.29, 0.717) is 28.5 Å². The predicted octanol–water partition coefficient (Wildman–Crippen LogP) is 5.32. The Balaban J connectivity index is 1.28. The third-order valence-corrected chi connectivity index (χ3v) is 7.24. The molecule has 1 N–H and O–H groups in total. The number of pyridine rings is 1. The van der Waals surface area contributed by atoms with Crippen molar-refractivity contribution >= 4 is 21.4 Å². The lowest BCUT2D eigenvalue weighted by Gasteiger charge is -2.10. The van der Waals surface area contributed by atoms with Gasteiger partial charge in [0.1, 0.15) is 5.69 Å². The van der Waals surface area contributed by atoms with Gasteiger partial charge < -0.3 is 0 Å². The predicted molar refractivity (Wildman–Crippen MR) is 142 cm³/mol. The van der Waals surface area contributed by atoms with Crippen LogP contribution in [0.15, 0.2) is 120 Å². The van der Waals surface area contributed by atoms with Gasteiger partial charge >= 0.3 is 0 Å². The van der Waals surface area contributed by atoms with Gasteiger partial charge in [0.25, 0.3) is 10.0 Å².